The van der Waals surface area contributed by atoms with Gasteiger partial charge in [0.2, 0.25) is 6.23 Å². The minimum atomic E-state index is -4.30. The summed E-state index contributed by atoms with van der Waals surface area (Å²) in [6.07, 6.45) is -0.588. The average molecular weight is 242 g/mol. The molecule has 7 nitrogen and oxygen atoms in total. The number of carbonyl (C=O) groups is 1. The van der Waals surface area contributed by atoms with E-state index in [4.69, 9.17) is 14.5 Å². The van der Waals surface area contributed by atoms with Gasteiger partial charge in [-0.3, -0.25) is 4.52 Å². The first kappa shape index (κ1) is 14.5. The molecular formula is C7H17NO6P+. The highest BCUT2D eigenvalue weighted by Crippen LogP contribution is 2.45. The maximum atomic E-state index is 11.2. The largest absolute Gasteiger partial charge is 0.480 e. The summed E-state index contributed by atoms with van der Waals surface area (Å²) in [6, 6.07) is 0. The number of nitrogens with zero attached hydrogens (tertiary/aromatic N) is 1. The molecule has 8 heteroatoms. The number of phosphoric ester groups is 1. The van der Waals surface area contributed by atoms with Gasteiger partial charge in [0.1, 0.15) is 0 Å². The van der Waals surface area contributed by atoms with Crippen molar-refractivity contribution in [2.45, 2.75) is 13.2 Å². The van der Waals surface area contributed by atoms with Crippen molar-refractivity contribution in [1.82, 2.24) is 0 Å². The monoisotopic (exact) mass is 242 g/mol. The number of phosphoric acid groups is 1. The number of rotatable bonds is 6. The van der Waals surface area contributed by atoms with Gasteiger partial charge < -0.3 is 14.5 Å². The lowest BCUT2D eigenvalue weighted by Crippen LogP contribution is -2.44. The van der Waals surface area contributed by atoms with Gasteiger partial charge >= 0.3 is 13.8 Å². The summed E-state index contributed by atoms with van der Waals surface area (Å²) in [5, 5.41) is 8.25. The van der Waals surface area contributed by atoms with Crippen molar-refractivity contribution in [2.75, 3.05) is 27.7 Å². The van der Waals surface area contributed by atoms with Crippen molar-refractivity contribution in [3.05, 3.63) is 0 Å². The molecule has 0 fully saturated rings. The summed E-state index contributed by atoms with van der Waals surface area (Å²) in [6.45, 7) is 0.727. The normalized spacial score (nSPS) is 18.2. The molecule has 0 rings (SSSR count). The van der Waals surface area contributed by atoms with Crippen LogP contribution in [0.2, 0.25) is 0 Å². The molecule has 0 amide bonds. The Morgan fingerprint density at radius 1 is 1.47 bits per heavy atom. The number of hydrogen-bond donors (Lipinski definition) is 2. The quantitative estimate of drug-likeness (QED) is 0.394. The first-order chi connectivity index (χ1) is 6.54. The Morgan fingerprint density at radius 3 is 2.27 bits per heavy atom. The van der Waals surface area contributed by atoms with Crippen LogP contribution in [0.5, 0.6) is 0 Å². The van der Waals surface area contributed by atoms with Crippen LogP contribution in [0.15, 0.2) is 0 Å². The highest BCUT2D eigenvalue weighted by molar-refractivity contribution is 7.47. The summed E-state index contributed by atoms with van der Waals surface area (Å²) in [5.41, 5.74) is 0. The molecule has 0 aromatic carbocycles. The Kier molecular flexibility index (Phi) is 4.89. The van der Waals surface area contributed by atoms with Crippen molar-refractivity contribution >= 4 is 13.8 Å². The van der Waals surface area contributed by atoms with E-state index in [0.29, 0.717) is 4.48 Å². The van der Waals surface area contributed by atoms with Gasteiger partial charge in [-0.1, -0.05) is 0 Å². The van der Waals surface area contributed by atoms with Crippen LogP contribution in [0.3, 0.4) is 0 Å². The fraction of sp³-hybridized carbons (Fsp3) is 0.857. The molecule has 0 aliphatic carbocycles. The molecule has 2 atom stereocenters. The second-order valence-electron chi connectivity index (χ2n) is 3.96. The molecule has 2 N–H and O–H groups in total. The molecular weight excluding hydrogens is 225 g/mol. The lowest BCUT2D eigenvalue weighted by molar-refractivity contribution is -0.913. The predicted molar refractivity (Wildman–Crippen MR) is 52.0 cm³/mol. The van der Waals surface area contributed by atoms with E-state index in [9.17, 15) is 9.36 Å². The molecule has 2 unspecified atom stereocenters. The summed E-state index contributed by atoms with van der Waals surface area (Å²) < 4.78 is 20.5. The van der Waals surface area contributed by atoms with E-state index in [0.717, 1.165) is 0 Å². The third kappa shape index (κ3) is 6.59. The lowest BCUT2D eigenvalue weighted by Gasteiger charge is -2.31. The maximum Gasteiger partial charge on any atom is 0.477 e. The fourth-order valence-corrected chi connectivity index (χ4v) is 1.50. The Labute approximate surface area is 88.4 Å². The van der Waals surface area contributed by atoms with Crippen LogP contribution in [0, 0.1) is 0 Å². The van der Waals surface area contributed by atoms with Crippen LogP contribution in [-0.4, -0.2) is 54.4 Å². The number of quaternary nitrogens is 1. The fourth-order valence-electron chi connectivity index (χ4n) is 0.501. The van der Waals surface area contributed by atoms with Gasteiger partial charge in [-0.15, -0.1) is 0 Å². The van der Waals surface area contributed by atoms with Crippen LogP contribution < -0.4 is 0 Å². The summed E-state index contributed by atoms with van der Waals surface area (Å²) in [7, 11) is 1.00. The van der Waals surface area contributed by atoms with Gasteiger partial charge in [0.05, 0.1) is 21.1 Å². The highest BCUT2D eigenvalue weighted by Gasteiger charge is 2.31. The molecule has 0 bridgehead atoms. The van der Waals surface area contributed by atoms with Gasteiger partial charge in [0.25, 0.3) is 0 Å². The number of carboxylic acid groups (broad SMARTS) is 1. The second kappa shape index (κ2) is 5.05. The molecule has 15 heavy (non-hydrogen) atoms. The molecule has 0 saturated carbocycles. The highest BCUT2D eigenvalue weighted by atomic mass is 31.2. The van der Waals surface area contributed by atoms with Crippen molar-refractivity contribution in [3.63, 3.8) is 0 Å². The van der Waals surface area contributed by atoms with Crippen LogP contribution in [0.1, 0.15) is 6.92 Å². The molecule has 0 aromatic heterocycles. The van der Waals surface area contributed by atoms with Gasteiger partial charge in [0.15, 0.2) is 6.61 Å². The summed E-state index contributed by atoms with van der Waals surface area (Å²) in [4.78, 5) is 19.2. The van der Waals surface area contributed by atoms with Gasteiger partial charge in [-0.25, -0.2) is 13.9 Å². The minimum Gasteiger partial charge on any atom is -0.480 e. The Balaban J connectivity index is 4.26. The predicted octanol–water partition coefficient (Wildman–Crippen LogP) is 0.257. The smallest absolute Gasteiger partial charge is 0.477 e. The Bertz CT molecular complexity index is 273. The third-order valence-electron chi connectivity index (χ3n) is 1.73. The van der Waals surface area contributed by atoms with Crippen LogP contribution in [0.4, 0.5) is 0 Å². The van der Waals surface area contributed by atoms with E-state index in [1.807, 2.05) is 0 Å². The first-order valence-corrected chi connectivity index (χ1v) is 5.73. The van der Waals surface area contributed by atoms with Gasteiger partial charge in [0, 0.05) is 6.92 Å². The second-order valence-corrected chi connectivity index (χ2v) is 5.36. The first-order valence-electron chi connectivity index (χ1n) is 4.23. The van der Waals surface area contributed by atoms with Crippen molar-refractivity contribution in [1.29, 1.82) is 0 Å². The van der Waals surface area contributed by atoms with E-state index in [1.165, 1.54) is 0 Å². The number of aliphatic carboxylic acids is 1. The number of carboxylic acids is 1. The van der Waals surface area contributed by atoms with Crippen LogP contribution in [-0.2, 0) is 18.4 Å². The summed E-state index contributed by atoms with van der Waals surface area (Å²) >= 11 is 0. The van der Waals surface area contributed by atoms with Crippen molar-refractivity contribution in [3.8, 4) is 0 Å². The molecule has 0 saturated heterocycles. The number of hydrogen-bond acceptors (Lipinski definition) is 4. The van der Waals surface area contributed by atoms with Crippen LogP contribution in [0.25, 0.3) is 0 Å². The zero-order chi connectivity index (χ0) is 12.3. The lowest BCUT2D eigenvalue weighted by atomic mass is 10.5. The minimum absolute atomic E-state index is 0.293. The third-order valence-corrected chi connectivity index (χ3v) is 2.75. The zero-order valence-corrected chi connectivity index (χ0v) is 10.1. The van der Waals surface area contributed by atoms with Gasteiger partial charge in [-0.05, 0) is 0 Å². The van der Waals surface area contributed by atoms with E-state index in [2.05, 4.69) is 4.52 Å². The Hall–Kier alpha value is -0.460. The molecule has 0 aliphatic rings. The topological polar surface area (TPSA) is 93.1 Å². The standard InChI is InChI=1S/C7H16NO6P/c1-6(8(2,3)4)14-15(11,12)13-5-7(9)10/h6H,5H2,1-4H3,(H-,9,10,11,12)/p+1. The van der Waals surface area contributed by atoms with E-state index in [-0.39, 0.29) is 0 Å². The Morgan fingerprint density at radius 2 is 1.93 bits per heavy atom. The SMILES string of the molecule is CC(OP(=O)(O)OCC(=O)O)[N+](C)(C)C. The van der Waals surface area contributed by atoms with E-state index in [1.54, 1.807) is 28.1 Å². The summed E-state index contributed by atoms with van der Waals surface area (Å²) in [5.74, 6) is -1.33. The molecule has 0 heterocycles. The van der Waals surface area contributed by atoms with Crippen LogP contribution >= 0.6 is 7.82 Å². The zero-order valence-electron chi connectivity index (χ0n) is 9.21. The molecule has 0 radical (unpaired) electrons. The van der Waals surface area contributed by atoms with Crippen molar-refractivity contribution < 1.29 is 32.9 Å². The average Bonchev–Trinajstić information content (AvgIpc) is 1.98. The van der Waals surface area contributed by atoms with Crippen molar-refractivity contribution in [2.24, 2.45) is 0 Å². The molecule has 0 aliphatic heterocycles. The van der Waals surface area contributed by atoms with Gasteiger partial charge in [-0.2, -0.15) is 0 Å². The van der Waals surface area contributed by atoms with E-state index < -0.39 is 26.6 Å². The van der Waals surface area contributed by atoms with E-state index >= 15 is 0 Å². The maximum absolute atomic E-state index is 11.2. The molecule has 0 aromatic rings. The molecule has 90 valence electrons. The molecule has 0 spiro atoms.